The van der Waals surface area contributed by atoms with Crippen LogP contribution in [0.2, 0.25) is 0 Å². The molecule has 0 aliphatic carbocycles. The minimum Gasteiger partial charge on any atom is -0.755 e. The van der Waals surface area contributed by atoms with Crippen LogP contribution in [-0.4, -0.2) is 18.5 Å². The molecule has 0 atom stereocenters. The van der Waals surface area contributed by atoms with E-state index < -0.39 is 18.5 Å². The molecule has 13 heteroatoms. The van der Waals surface area contributed by atoms with Crippen LogP contribution >= 0.6 is 0 Å². The standard InChI is InChI=1S/3CH2O4.U/c3*2-1(3)5-4;/h3*4H,(H,2,3);/q;;;+6/p-6. The minimum atomic E-state index is -2.05. The first-order chi connectivity index (χ1) is 6.81. The molecule has 0 unspecified atom stereocenters. The molecule has 88 valence electrons. The number of hydrogen-bond acceptors (Lipinski definition) is 12. The fourth-order valence-corrected chi connectivity index (χ4v) is 0. The largest absolute Gasteiger partial charge is 6.00 e. The van der Waals surface area contributed by atoms with Gasteiger partial charge in [-0.25, -0.2) is 0 Å². The van der Waals surface area contributed by atoms with Gasteiger partial charge in [0.05, 0.1) is 0 Å². The summed E-state index contributed by atoms with van der Waals surface area (Å²) in [7, 11) is 0. The van der Waals surface area contributed by atoms with Gasteiger partial charge in [-0.2, -0.15) is 0 Å². The Morgan fingerprint density at radius 3 is 0.688 bits per heavy atom. The second-order valence-corrected chi connectivity index (χ2v) is 1.00. The van der Waals surface area contributed by atoms with Crippen LogP contribution in [0, 0.1) is 31.1 Å². The molecule has 0 saturated heterocycles. The van der Waals surface area contributed by atoms with Crippen LogP contribution in [0.25, 0.3) is 0 Å². The van der Waals surface area contributed by atoms with Crippen molar-refractivity contribution in [3.8, 4) is 0 Å². The third-order valence-electron chi connectivity index (χ3n) is 0.204. The number of hydrogen-bond donors (Lipinski definition) is 0. The average Bonchev–Trinajstić information content (AvgIpc) is 2.19. The predicted octanol–water partition coefficient (Wildman–Crippen LogP) is -7.14. The predicted molar refractivity (Wildman–Crippen MR) is 19.4 cm³/mol. The molecule has 0 aromatic heterocycles. The molecule has 0 rings (SSSR count). The maximum absolute atomic E-state index is 8.72. The van der Waals surface area contributed by atoms with E-state index in [0.717, 1.165) is 0 Å². The Morgan fingerprint density at radius 2 is 0.688 bits per heavy atom. The first-order valence-corrected chi connectivity index (χ1v) is 2.34. The van der Waals surface area contributed by atoms with E-state index in [1.54, 1.807) is 0 Å². The zero-order valence-corrected chi connectivity index (χ0v) is 11.1. The summed E-state index contributed by atoms with van der Waals surface area (Å²) in [6.45, 7) is 0. The zero-order chi connectivity index (χ0) is 12.9. The van der Waals surface area contributed by atoms with Gasteiger partial charge in [-0.15, -0.1) is 0 Å². The molecule has 0 spiro atoms. The van der Waals surface area contributed by atoms with Crippen molar-refractivity contribution in [2.75, 3.05) is 0 Å². The summed E-state index contributed by atoms with van der Waals surface area (Å²) in [5.74, 6) is 0. The first-order valence-electron chi connectivity index (χ1n) is 2.34. The van der Waals surface area contributed by atoms with Gasteiger partial charge in [-0.1, -0.05) is 0 Å². The molecule has 0 aliphatic rings. The number of carboxylic acid groups (broad SMARTS) is 3. The number of rotatable bonds is 0. The maximum Gasteiger partial charge on any atom is 6.00 e. The van der Waals surface area contributed by atoms with Crippen molar-refractivity contribution < 1.29 is 91.3 Å². The Balaban J connectivity index is -0.0000000655. The van der Waals surface area contributed by atoms with Gasteiger partial charge in [0.2, 0.25) is 18.5 Å². The van der Waals surface area contributed by atoms with Gasteiger partial charge in [0.25, 0.3) is 0 Å². The zero-order valence-electron chi connectivity index (χ0n) is 6.90. The molecule has 0 bridgehead atoms. The summed E-state index contributed by atoms with van der Waals surface area (Å²) in [5.41, 5.74) is 0. The van der Waals surface area contributed by atoms with Crippen LogP contribution in [0.4, 0.5) is 14.4 Å². The van der Waals surface area contributed by atoms with Crippen molar-refractivity contribution in [1.82, 2.24) is 0 Å². The van der Waals surface area contributed by atoms with E-state index in [4.69, 9.17) is 45.5 Å². The summed E-state index contributed by atoms with van der Waals surface area (Å²) in [4.78, 5) is 33.1. The number of carbonyl (C=O) groups excluding carboxylic acids is 3. The fraction of sp³-hybridized carbons (Fsp3) is 0. The Bertz CT molecular complexity index is 155. The van der Waals surface area contributed by atoms with Crippen molar-refractivity contribution >= 4 is 18.5 Å². The van der Waals surface area contributed by atoms with Gasteiger partial charge in [0.1, 0.15) is 0 Å². The molecule has 0 N–H and O–H groups in total. The smallest absolute Gasteiger partial charge is 0.755 e. The molecule has 16 heavy (non-hydrogen) atoms. The van der Waals surface area contributed by atoms with E-state index in [1.165, 1.54) is 0 Å². The second-order valence-electron chi connectivity index (χ2n) is 1.00. The molecular weight excluding hydrogens is 466 g/mol. The average molecular weight is 466 g/mol. The van der Waals surface area contributed by atoms with E-state index in [9.17, 15) is 0 Å². The molecule has 12 nitrogen and oxygen atoms in total. The van der Waals surface area contributed by atoms with Crippen molar-refractivity contribution in [2.24, 2.45) is 0 Å². The van der Waals surface area contributed by atoms with Crippen LogP contribution in [0.3, 0.4) is 0 Å². The summed E-state index contributed by atoms with van der Waals surface area (Å²) in [6, 6.07) is 0. The van der Waals surface area contributed by atoms with Crippen molar-refractivity contribution in [3.63, 3.8) is 0 Å². The van der Waals surface area contributed by atoms with E-state index >= 15 is 0 Å². The minimum absolute atomic E-state index is 0. The molecule has 0 aromatic carbocycles. The molecule has 0 saturated carbocycles. The number of carbonyl (C=O) groups is 3. The Morgan fingerprint density at radius 1 is 0.625 bits per heavy atom. The van der Waals surface area contributed by atoms with Crippen molar-refractivity contribution in [1.29, 1.82) is 0 Å². The summed E-state index contributed by atoms with van der Waals surface area (Å²) >= 11 is 0. The second kappa shape index (κ2) is 19.3. The van der Waals surface area contributed by atoms with Gasteiger partial charge >= 0.3 is 31.1 Å². The third kappa shape index (κ3) is 78.1. The van der Waals surface area contributed by atoms with E-state index in [1.807, 2.05) is 0 Å². The van der Waals surface area contributed by atoms with Crippen molar-refractivity contribution in [2.45, 2.75) is 0 Å². The van der Waals surface area contributed by atoms with Crippen LogP contribution in [0.5, 0.6) is 0 Å². The Kier molecular flexibility index (Phi) is 29.2. The first kappa shape index (κ1) is 24.1. The molecule has 0 amide bonds. The molecule has 0 aromatic rings. The summed E-state index contributed by atoms with van der Waals surface area (Å²) in [6.07, 6.45) is -6.15. The van der Waals surface area contributed by atoms with E-state index in [2.05, 4.69) is 14.7 Å². The van der Waals surface area contributed by atoms with Gasteiger partial charge < -0.3 is 60.1 Å². The maximum atomic E-state index is 8.72. The van der Waals surface area contributed by atoms with Gasteiger partial charge in [0.15, 0.2) is 0 Å². The summed E-state index contributed by atoms with van der Waals surface area (Å²) < 4.78 is 0. The Labute approximate surface area is 110 Å². The molecule has 0 aliphatic heterocycles. The monoisotopic (exact) mass is 466 g/mol. The van der Waals surface area contributed by atoms with Gasteiger partial charge in [-0.3, -0.25) is 0 Å². The summed E-state index contributed by atoms with van der Waals surface area (Å²) in [5, 5.41) is 51.6. The fourth-order valence-electron chi connectivity index (χ4n) is 0. The normalized spacial score (nSPS) is 6.19. The van der Waals surface area contributed by atoms with E-state index in [0.29, 0.717) is 0 Å². The quantitative estimate of drug-likeness (QED) is 0.240. The molecule has 0 fully saturated rings. The SMILES string of the molecule is O=C([O-])O[O-].O=C([O-])O[O-].O=C([O-])O[O-].[U+6]. The molecule has 0 heterocycles. The van der Waals surface area contributed by atoms with Crippen LogP contribution < -0.4 is 31.1 Å². The Hall–Kier alpha value is -1.26. The van der Waals surface area contributed by atoms with Gasteiger partial charge in [0, 0.05) is 0 Å². The van der Waals surface area contributed by atoms with Crippen LogP contribution in [0.1, 0.15) is 0 Å². The van der Waals surface area contributed by atoms with Crippen molar-refractivity contribution in [3.05, 3.63) is 0 Å². The van der Waals surface area contributed by atoms with Crippen LogP contribution in [0.15, 0.2) is 0 Å². The molecule has 0 radical (unpaired) electrons. The van der Waals surface area contributed by atoms with Crippen LogP contribution in [-0.2, 0) is 14.7 Å². The third-order valence-corrected chi connectivity index (χ3v) is 0.204. The van der Waals surface area contributed by atoms with Gasteiger partial charge in [-0.05, 0) is 0 Å². The topological polar surface area (TPSA) is 217 Å². The van der Waals surface area contributed by atoms with E-state index in [-0.39, 0.29) is 31.1 Å². The molecular formula is C3O12U.